The Balaban J connectivity index is 0.000000487. The van der Waals surface area contributed by atoms with Gasteiger partial charge in [0.25, 0.3) is 5.69 Å². The van der Waals surface area contributed by atoms with E-state index in [4.69, 9.17) is 31.4 Å². The highest BCUT2D eigenvalue weighted by Crippen LogP contribution is 2.27. The van der Waals surface area contributed by atoms with E-state index >= 15 is 0 Å². The highest BCUT2D eigenvalue weighted by Gasteiger charge is 2.18. The Bertz CT molecular complexity index is 678. The molecular weight excluding hydrogens is 370 g/mol. The number of hydrogen-bond acceptors (Lipinski definition) is 6. The van der Waals surface area contributed by atoms with Crippen LogP contribution in [-0.4, -0.2) is 45.6 Å². The van der Waals surface area contributed by atoms with E-state index in [9.17, 15) is 14.9 Å². The van der Waals surface area contributed by atoms with E-state index in [1.54, 1.807) is 0 Å². The van der Waals surface area contributed by atoms with Gasteiger partial charge in [0.1, 0.15) is 5.69 Å². The molecular formula is C15H18ClN3O7. The highest BCUT2D eigenvalue weighted by molar-refractivity contribution is 6.31. The Hall–Kier alpha value is -2.72. The monoisotopic (exact) mass is 387 g/mol. The van der Waals surface area contributed by atoms with Crippen LogP contribution in [0.25, 0.3) is 0 Å². The lowest BCUT2D eigenvalue weighted by Gasteiger charge is -2.12. The smallest absolute Gasteiger partial charge is 0.414 e. The van der Waals surface area contributed by atoms with Crippen molar-refractivity contribution in [2.24, 2.45) is 0 Å². The molecule has 1 aliphatic carbocycles. The van der Waals surface area contributed by atoms with Gasteiger partial charge in [0.15, 0.2) is 0 Å². The second-order valence-electron chi connectivity index (χ2n) is 5.44. The molecule has 1 fully saturated rings. The minimum absolute atomic E-state index is 0.126. The zero-order valence-corrected chi connectivity index (χ0v) is 14.4. The lowest BCUT2D eigenvalue weighted by molar-refractivity contribution is -0.383. The van der Waals surface area contributed by atoms with Crippen LogP contribution in [0.15, 0.2) is 18.2 Å². The number of benzene rings is 1. The van der Waals surface area contributed by atoms with Crippen molar-refractivity contribution in [3.05, 3.63) is 33.3 Å². The number of aliphatic carboxylic acids is 2. The Morgan fingerprint density at radius 2 is 1.77 bits per heavy atom. The first-order valence-corrected chi connectivity index (χ1v) is 8.02. The predicted octanol–water partition coefficient (Wildman–Crippen LogP) is 1.87. The number of carboxylic acid groups (broad SMARTS) is 2. The third kappa shape index (κ3) is 7.45. The van der Waals surface area contributed by atoms with Crippen LogP contribution in [0, 0.1) is 10.1 Å². The van der Waals surface area contributed by atoms with E-state index in [-0.39, 0.29) is 23.8 Å². The van der Waals surface area contributed by atoms with Crippen LogP contribution in [0.1, 0.15) is 25.7 Å². The number of nitrogens with zero attached hydrogens (tertiary/aromatic N) is 1. The third-order valence-corrected chi connectivity index (χ3v) is 3.75. The van der Waals surface area contributed by atoms with Crippen LogP contribution >= 0.6 is 11.6 Å². The quantitative estimate of drug-likeness (QED) is 0.338. The van der Waals surface area contributed by atoms with E-state index in [0.29, 0.717) is 11.1 Å². The highest BCUT2D eigenvalue weighted by atomic mass is 35.5. The fourth-order valence-electron chi connectivity index (χ4n) is 2.33. The molecule has 0 spiro atoms. The van der Waals surface area contributed by atoms with E-state index < -0.39 is 16.9 Å². The van der Waals surface area contributed by atoms with Crippen LogP contribution in [-0.2, 0) is 14.4 Å². The number of halogens is 1. The summed E-state index contributed by atoms with van der Waals surface area (Å²) in [6.45, 7) is 0.147. The zero-order valence-electron chi connectivity index (χ0n) is 13.6. The molecule has 26 heavy (non-hydrogen) atoms. The number of amides is 1. The summed E-state index contributed by atoms with van der Waals surface area (Å²) < 4.78 is 0. The Morgan fingerprint density at radius 3 is 2.27 bits per heavy atom. The van der Waals surface area contributed by atoms with E-state index in [2.05, 4.69) is 10.6 Å². The fourth-order valence-corrected chi connectivity index (χ4v) is 2.50. The van der Waals surface area contributed by atoms with Crippen molar-refractivity contribution in [1.82, 2.24) is 5.32 Å². The summed E-state index contributed by atoms with van der Waals surface area (Å²) in [6.07, 6.45) is 4.51. The Morgan fingerprint density at radius 1 is 1.19 bits per heavy atom. The number of nitro groups is 1. The molecule has 1 aromatic rings. The minimum atomic E-state index is -1.82. The largest absolute Gasteiger partial charge is 0.473 e. The molecule has 0 aliphatic heterocycles. The maximum atomic E-state index is 11.8. The molecule has 1 saturated carbocycles. The van der Waals surface area contributed by atoms with Crippen molar-refractivity contribution in [2.45, 2.75) is 31.7 Å². The van der Waals surface area contributed by atoms with Gasteiger partial charge in [-0.25, -0.2) is 9.59 Å². The standard InChI is InChI=1S/C13H16ClN3O3.C2H2O4/c14-9-5-6-12(17(19)20)11(7-9)16-13(18)8-15-10-3-1-2-4-10;3-1(4)2(5)6/h5-7,10,15H,1-4,8H2,(H,16,18);(H,3,4)(H,5,6). The first kappa shape index (κ1) is 21.3. The van der Waals surface area contributed by atoms with Gasteiger partial charge < -0.3 is 20.8 Å². The summed E-state index contributed by atoms with van der Waals surface area (Å²) in [4.78, 5) is 40.3. The number of carbonyl (C=O) groups is 3. The van der Waals surface area contributed by atoms with Gasteiger partial charge in [0.2, 0.25) is 5.91 Å². The van der Waals surface area contributed by atoms with Crippen molar-refractivity contribution >= 4 is 40.8 Å². The molecule has 142 valence electrons. The topological polar surface area (TPSA) is 159 Å². The summed E-state index contributed by atoms with van der Waals surface area (Å²) in [7, 11) is 0. The zero-order chi connectivity index (χ0) is 19.7. The molecule has 10 nitrogen and oxygen atoms in total. The average Bonchev–Trinajstić information content (AvgIpc) is 3.06. The fraction of sp³-hybridized carbons (Fsp3) is 0.400. The van der Waals surface area contributed by atoms with E-state index in [1.165, 1.54) is 31.0 Å². The summed E-state index contributed by atoms with van der Waals surface area (Å²) in [5, 5.41) is 31.7. The lowest BCUT2D eigenvalue weighted by Crippen LogP contribution is -2.34. The molecule has 2 rings (SSSR count). The van der Waals surface area contributed by atoms with Gasteiger partial charge in [0, 0.05) is 17.1 Å². The van der Waals surface area contributed by atoms with Crippen molar-refractivity contribution < 1.29 is 29.5 Å². The lowest BCUT2D eigenvalue weighted by atomic mass is 10.2. The molecule has 4 N–H and O–H groups in total. The molecule has 0 radical (unpaired) electrons. The molecule has 0 heterocycles. The molecule has 0 bridgehead atoms. The maximum absolute atomic E-state index is 11.8. The molecule has 0 atom stereocenters. The van der Waals surface area contributed by atoms with Crippen molar-refractivity contribution in [2.75, 3.05) is 11.9 Å². The van der Waals surface area contributed by atoms with E-state index in [1.807, 2.05) is 0 Å². The number of carboxylic acids is 2. The number of rotatable bonds is 5. The molecule has 1 aliphatic rings. The molecule has 1 amide bonds. The summed E-state index contributed by atoms with van der Waals surface area (Å²) in [6, 6.07) is 4.46. The minimum Gasteiger partial charge on any atom is -0.473 e. The first-order chi connectivity index (χ1) is 12.2. The van der Waals surface area contributed by atoms with Gasteiger partial charge in [-0.15, -0.1) is 0 Å². The number of carbonyl (C=O) groups excluding carboxylic acids is 1. The number of nitrogens with one attached hydrogen (secondary N) is 2. The SMILES string of the molecule is O=C(CNC1CCCC1)Nc1cc(Cl)ccc1[N+](=O)[O-].O=C(O)C(=O)O. The van der Waals surface area contributed by atoms with Gasteiger partial charge in [-0.05, 0) is 25.0 Å². The number of nitro benzene ring substituents is 1. The number of hydrogen-bond donors (Lipinski definition) is 4. The van der Waals surface area contributed by atoms with Crippen molar-refractivity contribution in [3.63, 3.8) is 0 Å². The molecule has 11 heteroatoms. The first-order valence-electron chi connectivity index (χ1n) is 7.64. The van der Waals surface area contributed by atoms with Crippen LogP contribution in [0.4, 0.5) is 11.4 Å². The average molecular weight is 388 g/mol. The van der Waals surface area contributed by atoms with Crippen LogP contribution in [0.3, 0.4) is 0 Å². The van der Waals surface area contributed by atoms with Gasteiger partial charge in [-0.2, -0.15) is 0 Å². The third-order valence-electron chi connectivity index (χ3n) is 3.52. The second kappa shape index (κ2) is 10.3. The van der Waals surface area contributed by atoms with Gasteiger partial charge >= 0.3 is 11.9 Å². The summed E-state index contributed by atoms with van der Waals surface area (Å²) in [5.41, 5.74) is -0.0376. The predicted molar refractivity (Wildman–Crippen MR) is 92.3 cm³/mol. The molecule has 0 aromatic heterocycles. The van der Waals surface area contributed by atoms with Gasteiger partial charge in [-0.1, -0.05) is 24.4 Å². The van der Waals surface area contributed by atoms with Crippen LogP contribution in [0.2, 0.25) is 5.02 Å². The van der Waals surface area contributed by atoms with E-state index in [0.717, 1.165) is 12.8 Å². The summed E-state index contributed by atoms with van der Waals surface area (Å²) >= 11 is 5.80. The van der Waals surface area contributed by atoms with Gasteiger partial charge in [-0.3, -0.25) is 14.9 Å². The van der Waals surface area contributed by atoms with Crippen LogP contribution < -0.4 is 10.6 Å². The van der Waals surface area contributed by atoms with Crippen molar-refractivity contribution in [1.29, 1.82) is 0 Å². The Kier molecular flexibility index (Phi) is 8.46. The second-order valence-corrected chi connectivity index (χ2v) is 5.88. The molecule has 0 saturated heterocycles. The maximum Gasteiger partial charge on any atom is 0.414 e. The Labute approximate surface area is 153 Å². The normalized spacial score (nSPS) is 13.4. The van der Waals surface area contributed by atoms with Crippen LogP contribution in [0.5, 0.6) is 0 Å². The molecule has 0 unspecified atom stereocenters. The number of anilines is 1. The van der Waals surface area contributed by atoms with Gasteiger partial charge in [0.05, 0.1) is 11.5 Å². The molecule has 1 aromatic carbocycles. The summed E-state index contributed by atoms with van der Waals surface area (Å²) in [5.74, 6) is -3.95. The van der Waals surface area contributed by atoms with Crippen molar-refractivity contribution in [3.8, 4) is 0 Å².